The normalized spacial score (nSPS) is 10.9. The predicted molar refractivity (Wildman–Crippen MR) is 117 cm³/mol. The molecule has 0 bridgehead atoms. The average Bonchev–Trinajstić information content (AvgIpc) is 2.77. The third-order valence-electron chi connectivity index (χ3n) is 4.92. The summed E-state index contributed by atoms with van der Waals surface area (Å²) >= 11 is 0. The number of hydrogen-bond acceptors (Lipinski definition) is 3. The molecule has 0 unspecified atom stereocenters. The van der Waals surface area contributed by atoms with Crippen molar-refractivity contribution in [1.29, 1.82) is 0 Å². The topological polar surface area (TPSA) is 41.6 Å². The molecular weight excluding hydrogens is 360 g/mol. The molecule has 0 aliphatic heterocycles. The maximum absolute atomic E-state index is 12.7. The Kier molecular flexibility index (Phi) is 7.42. The van der Waals surface area contributed by atoms with Crippen molar-refractivity contribution < 1.29 is 9.53 Å². The lowest BCUT2D eigenvalue weighted by atomic mass is 9.98. The average molecular weight is 389 g/mol. The Balaban J connectivity index is 1.60. The molecule has 0 saturated carbocycles. The lowest BCUT2D eigenvalue weighted by Gasteiger charge is -2.22. The molecule has 150 valence electrons. The number of carbonyl (C=O) groups excluding carboxylic acids is 1. The fourth-order valence-corrected chi connectivity index (χ4v) is 3.38. The number of rotatable bonds is 9. The zero-order valence-electron chi connectivity index (χ0n) is 17.0. The molecule has 0 aromatic heterocycles. The first-order valence-corrected chi connectivity index (χ1v) is 9.87. The lowest BCUT2D eigenvalue weighted by molar-refractivity contribution is -0.121. The van der Waals surface area contributed by atoms with Crippen LogP contribution in [0.3, 0.4) is 0 Å². The summed E-state index contributed by atoms with van der Waals surface area (Å²) in [4.78, 5) is 14.9. The van der Waals surface area contributed by atoms with E-state index in [1.54, 1.807) is 7.11 Å². The smallest absolute Gasteiger partial charge is 0.222 e. The van der Waals surface area contributed by atoms with E-state index in [-0.39, 0.29) is 11.9 Å². The van der Waals surface area contributed by atoms with Crippen molar-refractivity contribution >= 4 is 5.91 Å². The van der Waals surface area contributed by atoms with Crippen LogP contribution < -0.4 is 10.1 Å². The monoisotopic (exact) mass is 388 g/mol. The van der Waals surface area contributed by atoms with Crippen molar-refractivity contribution in [2.75, 3.05) is 20.7 Å². The van der Waals surface area contributed by atoms with Gasteiger partial charge in [-0.15, -0.1) is 0 Å². The summed E-state index contributed by atoms with van der Waals surface area (Å²) in [6.07, 6.45) is 0.432. The first-order chi connectivity index (χ1) is 14.2. The van der Waals surface area contributed by atoms with E-state index in [1.807, 2.05) is 85.9 Å². The highest BCUT2D eigenvalue weighted by molar-refractivity contribution is 5.77. The minimum absolute atomic E-state index is 0.0367. The van der Waals surface area contributed by atoms with Gasteiger partial charge in [0.15, 0.2) is 0 Å². The third-order valence-corrected chi connectivity index (χ3v) is 4.92. The van der Waals surface area contributed by atoms with Crippen LogP contribution in [0.2, 0.25) is 0 Å². The van der Waals surface area contributed by atoms with E-state index in [0.717, 1.165) is 29.0 Å². The molecule has 0 aliphatic carbocycles. The quantitative estimate of drug-likeness (QED) is 0.590. The SMILES string of the molecule is COc1ccccc1CN(C)CCC(=O)NC(c1ccccc1)c1ccccc1. The van der Waals surface area contributed by atoms with Crippen LogP contribution in [0.1, 0.15) is 29.2 Å². The first kappa shape index (κ1) is 20.6. The molecule has 3 rings (SSSR count). The van der Waals surface area contributed by atoms with Crippen LogP contribution >= 0.6 is 0 Å². The Bertz CT molecular complexity index is 857. The standard InChI is InChI=1S/C25H28N2O2/c1-27(19-22-15-9-10-16-23(22)29-2)18-17-24(28)26-25(20-11-5-3-6-12-20)21-13-7-4-8-14-21/h3-16,25H,17-19H2,1-2H3,(H,26,28). The molecule has 3 aromatic carbocycles. The van der Waals surface area contributed by atoms with Crippen molar-refractivity contribution in [2.45, 2.75) is 19.0 Å². The van der Waals surface area contributed by atoms with Gasteiger partial charge in [-0.25, -0.2) is 0 Å². The molecule has 0 spiro atoms. The van der Waals surface area contributed by atoms with Gasteiger partial charge in [0.25, 0.3) is 0 Å². The first-order valence-electron chi connectivity index (χ1n) is 9.87. The van der Waals surface area contributed by atoms with E-state index < -0.39 is 0 Å². The van der Waals surface area contributed by atoms with Crippen molar-refractivity contribution in [3.05, 3.63) is 102 Å². The number of ether oxygens (including phenoxy) is 1. The molecular formula is C25H28N2O2. The van der Waals surface area contributed by atoms with Gasteiger partial charge < -0.3 is 15.0 Å². The molecule has 4 nitrogen and oxygen atoms in total. The summed E-state index contributed by atoms with van der Waals surface area (Å²) < 4.78 is 5.42. The number of hydrogen-bond donors (Lipinski definition) is 1. The van der Waals surface area contributed by atoms with Gasteiger partial charge in [0, 0.05) is 25.1 Å². The van der Waals surface area contributed by atoms with Crippen molar-refractivity contribution in [3.8, 4) is 5.75 Å². The number of nitrogens with one attached hydrogen (secondary N) is 1. The van der Waals surface area contributed by atoms with Crippen molar-refractivity contribution in [1.82, 2.24) is 10.2 Å². The van der Waals surface area contributed by atoms with Crippen molar-refractivity contribution in [3.63, 3.8) is 0 Å². The Morgan fingerprint density at radius 1 is 0.897 bits per heavy atom. The van der Waals surface area contributed by atoms with Gasteiger partial charge in [-0.3, -0.25) is 4.79 Å². The lowest BCUT2D eigenvalue weighted by Crippen LogP contribution is -2.32. The summed E-state index contributed by atoms with van der Waals surface area (Å²) in [5.74, 6) is 0.909. The maximum atomic E-state index is 12.7. The molecule has 1 amide bonds. The second kappa shape index (κ2) is 10.4. The van der Waals surface area contributed by atoms with Crippen LogP contribution in [-0.4, -0.2) is 31.5 Å². The molecule has 4 heteroatoms. The van der Waals surface area contributed by atoms with Crippen molar-refractivity contribution in [2.24, 2.45) is 0 Å². The van der Waals surface area contributed by atoms with Gasteiger partial charge in [-0.2, -0.15) is 0 Å². The van der Waals surface area contributed by atoms with E-state index in [2.05, 4.69) is 16.3 Å². The van der Waals surface area contributed by atoms with Crippen LogP contribution in [0.5, 0.6) is 5.75 Å². The van der Waals surface area contributed by atoms with Gasteiger partial charge in [0.05, 0.1) is 13.2 Å². The number of methoxy groups -OCH3 is 1. The van der Waals surface area contributed by atoms with E-state index in [4.69, 9.17) is 4.74 Å². The molecule has 29 heavy (non-hydrogen) atoms. The zero-order valence-corrected chi connectivity index (χ0v) is 17.0. The number of benzene rings is 3. The summed E-state index contributed by atoms with van der Waals surface area (Å²) in [6.45, 7) is 1.40. The number of nitrogens with zero attached hydrogens (tertiary/aromatic N) is 1. The highest BCUT2D eigenvalue weighted by atomic mass is 16.5. The van der Waals surface area contributed by atoms with Crippen LogP contribution in [0.25, 0.3) is 0 Å². The molecule has 3 aromatic rings. The zero-order chi connectivity index (χ0) is 20.5. The molecule has 1 N–H and O–H groups in total. The molecule has 0 fully saturated rings. The Morgan fingerprint density at radius 3 is 2.03 bits per heavy atom. The third kappa shape index (κ3) is 5.93. The minimum atomic E-state index is -0.149. The van der Waals surface area contributed by atoms with E-state index >= 15 is 0 Å². The summed E-state index contributed by atoms with van der Waals surface area (Å²) in [5, 5.41) is 3.20. The molecule has 0 radical (unpaired) electrons. The van der Waals surface area contributed by atoms with E-state index in [1.165, 1.54) is 0 Å². The predicted octanol–water partition coefficient (Wildman–Crippen LogP) is 4.42. The second-order valence-corrected chi connectivity index (χ2v) is 7.12. The number of carbonyl (C=O) groups is 1. The fraction of sp³-hybridized carbons (Fsp3) is 0.240. The summed E-state index contributed by atoms with van der Waals surface area (Å²) in [5.41, 5.74) is 3.27. The molecule has 0 saturated heterocycles. The highest BCUT2D eigenvalue weighted by Crippen LogP contribution is 2.22. The number of amides is 1. The van der Waals surface area contributed by atoms with Gasteiger partial charge in [-0.1, -0.05) is 78.9 Å². The van der Waals surface area contributed by atoms with E-state index in [9.17, 15) is 4.79 Å². The van der Waals surface area contributed by atoms with Crippen LogP contribution in [0.4, 0.5) is 0 Å². The van der Waals surface area contributed by atoms with E-state index in [0.29, 0.717) is 13.0 Å². The Labute approximate surface area is 173 Å². The summed E-state index contributed by atoms with van der Waals surface area (Å²) in [6, 6.07) is 28.0. The molecule has 0 aliphatic rings. The van der Waals surface area contributed by atoms with Crippen LogP contribution in [0.15, 0.2) is 84.9 Å². The van der Waals surface area contributed by atoms with Gasteiger partial charge in [0.2, 0.25) is 5.91 Å². The van der Waals surface area contributed by atoms with Crippen LogP contribution in [0, 0.1) is 0 Å². The van der Waals surface area contributed by atoms with Gasteiger partial charge in [0.1, 0.15) is 5.75 Å². The largest absolute Gasteiger partial charge is 0.496 e. The molecule has 0 atom stereocenters. The maximum Gasteiger partial charge on any atom is 0.222 e. The van der Waals surface area contributed by atoms with Crippen LogP contribution in [-0.2, 0) is 11.3 Å². The Hall–Kier alpha value is -3.11. The highest BCUT2D eigenvalue weighted by Gasteiger charge is 2.17. The van der Waals surface area contributed by atoms with Gasteiger partial charge in [-0.05, 0) is 24.2 Å². The number of para-hydroxylation sites is 1. The molecule has 0 heterocycles. The Morgan fingerprint density at radius 2 is 1.45 bits per heavy atom. The fourth-order valence-electron chi connectivity index (χ4n) is 3.38. The second-order valence-electron chi connectivity index (χ2n) is 7.12. The summed E-state index contributed by atoms with van der Waals surface area (Å²) in [7, 11) is 3.70. The minimum Gasteiger partial charge on any atom is -0.496 e. The van der Waals surface area contributed by atoms with Gasteiger partial charge >= 0.3 is 0 Å².